The van der Waals surface area contributed by atoms with E-state index in [0.29, 0.717) is 18.1 Å². The fourth-order valence-electron chi connectivity index (χ4n) is 2.34. The molecule has 82 valence electrons. The molecule has 1 aliphatic rings. The molecule has 1 unspecified atom stereocenters. The van der Waals surface area contributed by atoms with Crippen LogP contribution in [0.5, 0.6) is 0 Å². The zero-order chi connectivity index (χ0) is 10.4. The smallest absolute Gasteiger partial charge is 0.161 e. The molecule has 1 saturated carbocycles. The molecule has 1 atom stereocenters. The Kier molecular flexibility index (Phi) is 5.16. The molecule has 0 amide bonds. The first-order valence-corrected chi connectivity index (χ1v) is 5.85. The van der Waals surface area contributed by atoms with Gasteiger partial charge < -0.3 is 4.74 Å². The Morgan fingerprint density at radius 1 is 1.43 bits per heavy atom. The van der Waals surface area contributed by atoms with Crippen LogP contribution in [0.4, 0.5) is 0 Å². The second-order valence-electron chi connectivity index (χ2n) is 4.27. The summed E-state index contributed by atoms with van der Waals surface area (Å²) < 4.78 is 5.34. The van der Waals surface area contributed by atoms with Gasteiger partial charge in [-0.25, -0.2) is 0 Å². The maximum atomic E-state index is 11.8. The summed E-state index contributed by atoms with van der Waals surface area (Å²) in [6.07, 6.45) is 7.58. The number of ether oxygens (including phenoxy) is 1. The molecule has 1 rings (SSSR count). The van der Waals surface area contributed by atoms with E-state index in [1.165, 1.54) is 25.7 Å². The lowest BCUT2D eigenvalue weighted by Crippen LogP contribution is -2.30. The highest BCUT2D eigenvalue weighted by Crippen LogP contribution is 2.30. The predicted molar refractivity (Wildman–Crippen MR) is 57.3 cm³/mol. The van der Waals surface area contributed by atoms with Crippen molar-refractivity contribution in [1.82, 2.24) is 0 Å². The lowest BCUT2D eigenvalue weighted by Gasteiger charge is -2.20. The number of rotatable bonds is 6. The minimum absolute atomic E-state index is 0.107. The number of ketones is 1. The van der Waals surface area contributed by atoms with Gasteiger partial charge in [0.15, 0.2) is 5.78 Å². The number of methoxy groups -OCH3 is 1. The molecule has 0 spiro atoms. The molecule has 14 heavy (non-hydrogen) atoms. The van der Waals surface area contributed by atoms with Crippen molar-refractivity contribution in [2.24, 2.45) is 5.92 Å². The first-order chi connectivity index (χ1) is 6.79. The lowest BCUT2D eigenvalue weighted by atomic mass is 9.95. The van der Waals surface area contributed by atoms with E-state index >= 15 is 0 Å². The van der Waals surface area contributed by atoms with E-state index in [1.807, 2.05) is 0 Å². The Labute approximate surface area is 87.0 Å². The molecule has 0 saturated heterocycles. The zero-order valence-electron chi connectivity index (χ0n) is 9.42. The summed E-state index contributed by atoms with van der Waals surface area (Å²) in [6, 6.07) is 0. The van der Waals surface area contributed by atoms with E-state index in [9.17, 15) is 4.79 Å². The molecule has 0 aromatic rings. The van der Waals surface area contributed by atoms with Crippen molar-refractivity contribution >= 4 is 5.78 Å². The predicted octanol–water partition coefficient (Wildman–Crippen LogP) is 2.95. The average Bonchev–Trinajstić information content (AvgIpc) is 2.69. The molecule has 2 heteroatoms. The van der Waals surface area contributed by atoms with E-state index in [0.717, 1.165) is 12.8 Å². The van der Waals surface area contributed by atoms with Crippen LogP contribution in [0.25, 0.3) is 0 Å². The van der Waals surface area contributed by atoms with Crippen molar-refractivity contribution in [1.29, 1.82) is 0 Å². The van der Waals surface area contributed by atoms with Crippen molar-refractivity contribution in [2.45, 2.75) is 58.0 Å². The van der Waals surface area contributed by atoms with Crippen LogP contribution >= 0.6 is 0 Å². The van der Waals surface area contributed by atoms with Crippen LogP contribution in [0.15, 0.2) is 0 Å². The third-order valence-corrected chi connectivity index (χ3v) is 3.18. The zero-order valence-corrected chi connectivity index (χ0v) is 9.42. The number of hydrogen-bond acceptors (Lipinski definition) is 2. The largest absolute Gasteiger partial charge is 0.373 e. The Bertz CT molecular complexity index is 171. The summed E-state index contributed by atoms with van der Waals surface area (Å²) in [5, 5.41) is 0. The van der Waals surface area contributed by atoms with Gasteiger partial charge in [-0.3, -0.25) is 4.79 Å². The molecule has 1 aliphatic carbocycles. The Balaban J connectivity index is 2.39. The van der Waals surface area contributed by atoms with Gasteiger partial charge in [0.2, 0.25) is 0 Å². The number of Topliss-reactive ketones (excluding diaryl/α,β-unsaturated/α-hetero) is 1. The van der Waals surface area contributed by atoms with Gasteiger partial charge in [0, 0.05) is 13.5 Å². The Morgan fingerprint density at radius 3 is 2.57 bits per heavy atom. The van der Waals surface area contributed by atoms with Gasteiger partial charge in [0.1, 0.15) is 6.10 Å². The van der Waals surface area contributed by atoms with Gasteiger partial charge in [0.25, 0.3) is 0 Å². The maximum Gasteiger partial charge on any atom is 0.161 e. The summed E-state index contributed by atoms with van der Waals surface area (Å²) in [5.41, 5.74) is 0. The van der Waals surface area contributed by atoms with Crippen molar-refractivity contribution < 1.29 is 9.53 Å². The Hall–Kier alpha value is -0.370. The molecule has 0 N–H and O–H groups in total. The van der Waals surface area contributed by atoms with Crippen LogP contribution in [-0.2, 0) is 9.53 Å². The lowest BCUT2D eigenvalue weighted by molar-refractivity contribution is -0.132. The van der Waals surface area contributed by atoms with Crippen LogP contribution < -0.4 is 0 Å². The van der Waals surface area contributed by atoms with Gasteiger partial charge >= 0.3 is 0 Å². The van der Waals surface area contributed by atoms with Gasteiger partial charge in [-0.2, -0.15) is 0 Å². The summed E-state index contributed by atoms with van der Waals surface area (Å²) >= 11 is 0. The standard InChI is InChI=1S/C12H22O2/c1-3-4-9-11(13)12(14-2)10-7-5-6-8-10/h10,12H,3-9H2,1-2H3. The fourth-order valence-corrected chi connectivity index (χ4v) is 2.34. The normalized spacial score (nSPS) is 19.9. The van der Waals surface area contributed by atoms with E-state index in [4.69, 9.17) is 4.74 Å². The first-order valence-electron chi connectivity index (χ1n) is 5.85. The Morgan fingerprint density at radius 2 is 2.07 bits per heavy atom. The molecule has 1 fully saturated rings. The summed E-state index contributed by atoms with van der Waals surface area (Å²) in [7, 11) is 1.67. The topological polar surface area (TPSA) is 26.3 Å². The SMILES string of the molecule is CCCCC(=O)C(OC)C1CCCC1. The molecule has 0 aromatic carbocycles. The van der Waals surface area contributed by atoms with Gasteiger partial charge in [-0.15, -0.1) is 0 Å². The molecular weight excluding hydrogens is 176 g/mol. The van der Waals surface area contributed by atoms with E-state index < -0.39 is 0 Å². The van der Waals surface area contributed by atoms with Crippen LogP contribution in [0.2, 0.25) is 0 Å². The number of carbonyl (C=O) groups excluding carboxylic acids is 1. The van der Waals surface area contributed by atoms with Crippen LogP contribution in [-0.4, -0.2) is 19.0 Å². The molecule has 0 aromatic heterocycles. The minimum Gasteiger partial charge on any atom is -0.373 e. The van der Waals surface area contributed by atoms with Crippen LogP contribution in [0, 0.1) is 5.92 Å². The summed E-state index contributed by atoms with van der Waals surface area (Å²) in [6.45, 7) is 2.12. The number of carbonyl (C=O) groups is 1. The molecule has 0 bridgehead atoms. The second kappa shape index (κ2) is 6.18. The highest BCUT2D eigenvalue weighted by Gasteiger charge is 2.29. The molecular formula is C12H22O2. The number of unbranched alkanes of at least 4 members (excludes halogenated alkanes) is 1. The maximum absolute atomic E-state index is 11.8. The van der Waals surface area contributed by atoms with Crippen molar-refractivity contribution in [3.05, 3.63) is 0 Å². The van der Waals surface area contributed by atoms with E-state index in [1.54, 1.807) is 7.11 Å². The van der Waals surface area contributed by atoms with Gasteiger partial charge in [0.05, 0.1) is 0 Å². The van der Waals surface area contributed by atoms with Crippen LogP contribution in [0.1, 0.15) is 51.9 Å². The summed E-state index contributed by atoms with van der Waals surface area (Å²) in [5.74, 6) is 0.825. The van der Waals surface area contributed by atoms with Crippen molar-refractivity contribution in [3.8, 4) is 0 Å². The number of hydrogen-bond donors (Lipinski definition) is 0. The third kappa shape index (κ3) is 3.09. The quantitative estimate of drug-likeness (QED) is 0.656. The van der Waals surface area contributed by atoms with Gasteiger partial charge in [-0.05, 0) is 25.2 Å². The van der Waals surface area contributed by atoms with Crippen LogP contribution in [0.3, 0.4) is 0 Å². The van der Waals surface area contributed by atoms with Gasteiger partial charge in [-0.1, -0.05) is 26.2 Å². The highest BCUT2D eigenvalue weighted by atomic mass is 16.5. The molecule has 0 aliphatic heterocycles. The van der Waals surface area contributed by atoms with Crippen molar-refractivity contribution in [3.63, 3.8) is 0 Å². The minimum atomic E-state index is -0.107. The molecule has 0 heterocycles. The third-order valence-electron chi connectivity index (χ3n) is 3.18. The monoisotopic (exact) mass is 198 g/mol. The molecule has 2 nitrogen and oxygen atoms in total. The highest BCUT2D eigenvalue weighted by molar-refractivity contribution is 5.83. The summed E-state index contributed by atoms with van der Waals surface area (Å²) in [4.78, 5) is 11.8. The van der Waals surface area contributed by atoms with E-state index in [2.05, 4.69) is 6.92 Å². The molecule has 0 radical (unpaired) electrons. The van der Waals surface area contributed by atoms with E-state index in [-0.39, 0.29) is 6.10 Å². The first kappa shape index (κ1) is 11.7. The van der Waals surface area contributed by atoms with Crippen molar-refractivity contribution in [2.75, 3.05) is 7.11 Å². The fraction of sp³-hybridized carbons (Fsp3) is 0.917. The second-order valence-corrected chi connectivity index (χ2v) is 4.27. The average molecular weight is 198 g/mol.